The fourth-order valence-corrected chi connectivity index (χ4v) is 12.3. The van der Waals surface area contributed by atoms with Gasteiger partial charge < -0.3 is 36.1 Å². The Balaban J connectivity index is 0.000000237. The third-order valence-corrected chi connectivity index (χ3v) is 16.9. The standard InChI is InChI=1S/C14H17Cl2NO2.C14H19Cl2NO.C13H12Cl2O2.C7H10O2.CH4N.B.Li/c1-17-13(19)14(6-2-3-10(14)8-18)9-4-5-11(15)12(16)7-9;1-17-9-14(6-2-3-11(14)8-18)10-4-5-12(15)13(16)7-10;14-10-4-3-8(6-11(10)15)13-5-1-2-9(13)7-17-12(13)16;8-7-6-3-1-2-5(6)4-9-7;1-2;;/h4-5,7,10,18H,2-3,6,8H2,1H3,(H,17,19);4-5,7,11,17-18H,2-3,6,8-9H2,1H3;3-4,6,9H,1-2,5,7H2;5-6H,1-4H2;2H,1H3;;/q;;;;-1;;+1/t10-,14+;11-,14+;9-,13+;;;;/m000..../s1. The van der Waals surface area contributed by atoms with E-state index >= 15 is 0 Å². The number of aliphatic hydroxyl groups excluding tert-OH is 2. The maximum atomic E-state index is 12.4. The second-order valence-corrected chi connectivity index (χ2v) is 20.2. The van der Waals surface area contributed by atoms with Crippen LogP contribution in [0.2, 0.25) is 30.1 Å². The number of cyclic esters (lactones) is 2. The van der Waals surface area contributed by atoms with Crippen molar-refractivity contribution in [3.05, 3.63) is 107 Å². The third kappa shape index (κ3) is 12.7. The number of amides is 1. The Hall–Kier alpha value is -1.69. The van der Waals surface area contributed by atoms with Crippen LogP contribution >= 0.6 is 69.6 Å². The molecule has 6 aliphatic rings. The fraction of sp³-hybridized carbons (Fsp3) is 0.571. The number of halogens is 6. The normalized spacial score (nSPS) is 28.4. The molecule has 6 fully saturated rings. The Labute approximate surface area is 440 Å². The van der Waals surface area contributed by atoms with Crippen molar-refractivity contribution in [2.24, 2.45) is 29.6 Å². The van der Waals surface area contributed by atoms with E-state index in [9.17, 15) is 24.6 Å². The topological polar surface area (TPSA) is 158 Å². The first-order chi connectivity index (χ1) is 31.2. The van der Waals surface area contributed by atoms with Crippen molar-refractivity contribution < 1.29 is 52.9 Å². The van der Waals surface area contributed by atoms with Crippen LogP contribution in [0, 0.1) is 29.6 Å². The Bertz CT molecular complexity index is 2130. The molecule has 8 atom stereocenters. The quantitative estimate of drug-likeness (QED) is 0.131. The van der Waals surface area contributed by atoms with Crippen molar-refractivity contribution in [2.75, 3.05) is 54.1 Å². The van der Waals surface area contributed by atoms with Gasteiger partial charge >= 0.3 is 30.8 Å². The van der Waals surface area contributed by atoms with Gasteiger partial charge in [-0.1, -0.05) is 113 Å². The number of hydrogen-bond donors (Lipinski definition) is 4. The monoisotopic (exact) mass is 1030 g/mol. The summed E-state index contributed by atoms with van der Waals surface area (Å²) in [7, 11) is 4.82. The number of rotatable bonds is 8. The average molecular weight is 1040 g/mol. The molecule has 361 valence electrons. The molecular formula is C49H62BCl6LiN3O7. The van der Waals surface area contributed by atoms with Gasteiger partial charge in [0.15, 0.2) is 0 Å². The minimum atomic E-state index is -0.697. The summed E-state index contributed by atoms with van der Waals surface area (Å²) < 4.78 is 10.1. The van der Waals surface area contributed by atoms with Gasteiger partial charge in [-0.2, -0.15) is 7.05 Å². The SMILES string of the molecule is CNC(=O)[C@@]1(c2ccc(Cl)c(Cl)c2)CCC[C@H]1CO.CNC[C@@]1(c2ccc(Cl)c(Cl)c2)CCC[C@H]1CO.C[NH-].O=C1OCC2CCCC12.O=C1OC[C@@H]2CCC[C@]12c1ccc(Cl)c(Cl)c1.[B].[Li+]. The Morgan fingerprint density at radius 2 is 1.21 bits per heavy atom. The van der Waals surface area contributed by atoms with Crippen LogP contribution in [0.5, 0.6) is 0 Å². The molecule has 4 aliphatic carbocycles. The summed E-state index contributed by atoms with van der Waals surface area (Å²) in [5.41, 5.74) is 7.54. The fourth-order valence-electron chi connectivity index (χ4n) is 11.4. The van der Waals surface area contributed by atoms with E-state index in [1.54, 1.807) is 25.2 Å². The minimum Gasteiger partial charge on any atom is -0.680 e. The third-order valence-electron chi connectivity index (χ3n) is 14.7. The molecule has 3 aromatic rings. The second kappa shape index (κ2) is 27.2. The van der Waals surface area contributed by atoms with Gasteiger partial charge in [-0.05, 0) is 117 Å². The number of carbonyl (C=O) groups excluding carboxylic acids is 3. The summed E-state index contributed by atoms with van der Waals surface area (Å²) >= 11 is 36.1. The van der Waals surface area contributed by atoms with Crippen LogP contribution in [0.25, 0.3) is 5.73 Å². The second-order valence-electron chi connectivity index (χ2n) is 17.8. The number of fused-ring (bicyclic) bond motifs is 2. The summed E-state index contributed by atoms with van der Waals surface area (Å²) in [5.74, 6) is 1.26. The largest absolute Gasteiger partial charge is 1.00 e. The Morgan fingerprint density at radius 1 is 0.672 bits per heavy atom. The van der Waals surface area contributed by atoms with Crippen molar-refractivity contribution in [3.63, 3.8) is 0 Å². The molecule has 3 radical (unpaired) electrons. The van der Waals surface area contributed by atoms with E-state index in [1.165, 1.54) is 25.5 Å². The van der Waals surface area contributed by atoms with Gasteiger partial charge in [-0.15, -0.1) is 0 Å². The number of esters is 2. The van der Waals surface area contributed by atoms with E-state index in [0.29, 0.717) is 61.1 Å². The molecule has 0 spiro atoms. The number of aliphatic hydroxyl groups is 2. The Kier molecular flexibility index (Phi) is 24.2. The van der Waals surface area contributed by atoms with Crippen molar-refractivity contribution in [1.29, 1.82) is 0 Å². The Morgan fingerprint density at radius 3 is 1.78 bits per heavy atom. The van der Waals surface area contributed by atoms with E-state index in [4.69, 9.17) is 84.8 Å². The summed E-state index contributed by atoms with van der Waals surface area (Å²) in [4.78, 5) is 35.3. The molecule has 2 unspecified atom stereocenters. The van der Waals surface area contributed by atoms with Gasteiger partial charge in [0.05, 0.1) is 60.1 Å². The number of nitrogens with one attached hydrogen (secondary N) is 3. The van der Waals surface area contributed by atoms with Crippen LogP contribution in [0.1, 0.15) is 93.7 Å². The van der Waals surface area contributed by atoms with Crippen molar-refractivity contribution in [3.8, 4) is 0 Å². The first-order valence-electron chi connectivity index (χ1n) is 22.5. The van der Waals surface area contributed by atoms with Gasteiger partial charge in [0.1, 0.15) is 0 Å². The van der Waals surface area contributed by atoms with Crippen LogP contribution in [0.4, 0.5) is 0 Å². The zero-order valence-corrected chi connectivity index (χ0v) is 43.4. The predicted molar refractivity (Wildman–Crippen MR) is 267 cm³/mol. The molecule has 67 heavy (non-hydrogen) atoms. The molecule has 0 aromatic heterocycles. The maximum absolute atomic E-state index is 12.4. The molecule has 0 bridgehead atoms. The predicted octanol–water partition coefficient (Wildman–Crippen LogP) is 7.85. The van der Waals surface area contributed by atoms with Crippen LogP contribution in [-0.4, -0.2) is 90.6 Å². The van der Waals surface area contributed by atoms with E-state index in [1.807, 2.05) is 43.4 Å². The van der Waals surface area contributed by atoms with Crippen LogP contribution in [0.15, 0.2) is 54.6 Å². The van der Waals surface area contributed by atoms with Crippen LogP contribution in [0.3, 0.4) is 0 Å². The van der Waals surface area contributed by atoms with Crippen LogP contribution in [-0.2, 0) is 40.1 Å². The van der Waals surface area contributed by atoms with Crippen LogP contribution < -0.4 is 29.5 Å². The summed E-state index contributed by atoms with van der Waals surface area (Å²) in [6.07, 6.45) is 12.2. The molecule has 4 saturated carbocycles. The summed E-state index contributed by atoms with van der Waals surface area (Å²) in [5, 5.41) is 28.3. The zero-order chi connectivity index (χ0) is 47.5. The number of carbonyl (C=O) groups is 3. The first-order valence-corrected chi connectivity index (χ1v) is 24.8. The van der Waals surface area contributed by atoms with E-state index in [2.05, 4.69) is 10.6 Å². The number of ether oxygens (including phenoxy) is 2. The number of hydrogen-bond acceptors (Lipinski definition) is 8. The molecule has 9 rings (SSSR count). The van der Waals surface area contributed by atoms with Crippen molar-refractivity contribution >= 4 is 95.9 Å². The van der Waals surface area contributed by atoms with E-state index in [-0.39, 0.29) is 75.6 Å². The molecule has 5 N–H and O–H groups in total. The average Bonchev–Trinajstić information content (AvgIpc) is 4.19. The molecule has 18 heteroatoms. The van der Waals surface area contributed by atoms with Gasteiger partial charge in [0.25, 0.3) is 0 Å². The van der Waals surface area contributed by atoms with Crippen molar-refractivity contribution in [1.82, 2.24) is 10.6 Å². The smallest absolute Gasteiger partial charge is 0.680 e. The van der Waals surface area contributed by atoms with Gasteiger partial charge in [-0.25, -0.2) is 0 Å². The summed E-state index contributed by atoms with van der Waals surface area (Å²) in [6.45, 7) is 2.31. The molecule has 10 nitrogen and oxygen atoms in total. The minimum absolute atomic E-state index is 0. The molecule has 3 aromatic carbocycles. The molecule has 2 aliphatic heterocycles. The molecular weight excluding hydrogens is 973 g/mol. The zero-order valence-electron chi connectivity index (χ0n) is 38.9. The summed E-state index contributed by atoms with van der Waals surface area (Å²) in [6, 6.07) is 16.6. The number of likely N-dealkylation sites (N-methyl/N-ethyl adjacent to an activating group) is 2. The van der Waals surface area contributed by atoms with E-state index < -0.39 is 10.8 Å². The van der Waals surface area contributed by atoms with Crippen molar-refractivity contribution in [2.45, 2.75) is 93.3 Å². The molecule has 1 amide bonds. The van der Waals surface area contributed by atoms with Gasteiger partial charge in [-0.3, -0.25) is 14.4 Å². The maximum Gasteiger partial charge on any atom is 1.00 e. The molecule has 2 heterocycles. The van der Waals surface area contributed by atoms with Gasteiger partial charge in [0, 0.05) is 58.4 Å². The van der Waals surface area contributed by atoms with E-state index in [0.717, 1.165) is 81.9 Å². The first kappa shape index (κ1) is 59.6. The number of benzene rings is 3. The molecule has 2 saturated heterocycles. The van der Waals surface area contributed by atoms with Gasteiger partial charge in [0.2, 0.25) is 5.91 Å².